The number of pyridine rings is 1. The van der Waals surface area contributed by atoms with Crippen LogP contribution in [0.1, 0.15) is 17.2 Å². The zero-order valence-corrected chi connectivity index (χ0v) is 23.4. The van der Waals surface area contributed by atoms with Gasteiger partial charge in [-0.2, -0.15) is 4.98 Å². The molecule has 39 heavy (non-hydrogen) atoms. The highest BCUT2D eigenvalue weighted by Gasteiger charge is 2.31. The number of hydrogen-bond acceptors (Lipinski definition) is 3. The van der Waals surface area contributed by atoms with Crippen LogP contribution in [0.5, 0.6) is 5.88 Å². The van der Waals surface area contributed by atoms with Gasteiger partial charge in [-0.1, -0.05) is 60.7 Å². The number of ether oxygens (including phenoxy) is 1. The second-order valence-electron chi connectivity index (χ2n) is 9.83. The molecule has 0 unspecified atom stereocenters. The number of fused-ring (bicyclic) bond motifs is 3. The molecule has 9 heteroatoms. The molecule has 0 saturated carbocycles. The Morgan fingerprint density at radius 2 is 1.46 bits per heavy atom. The first-order valence-electron chi connectivity index (χ1n) is 13.1. The smallest absolute Gasteiger partial charge is 0.275 e. The molecule has 0 aliphatic carbocycles. The van der Waals surface area contributed by atoms with Crippen molar-refractivity contribution in [1.29, 1.82) is 0 Å². The molecule has 7 nitrogen and oxygen atoms in total. The molecule has 204 valence electrons. The van der Waals surface area contributed by atoms with Crippen LogP contribution in [-0.4, -0.2) is 53.8 Å². The SMILES string of the molecule is COc1ccc2c(n1)n1cccc1c(=O)n2CC[NH+]1CC[NH+](C(c2ccccc2)c2ccccc2)CC1.[Cl-].[Cl-]. The molecule has 0 spiro atoms. The van der Waals surface area contributed by atoms with E-state index in [1.54, 1.807) is 16.9 Å². The van der Waals surface area contributed by atoms with Crippen LogP contribution < -0.4 is 44.9 Å². The van der Waals surface area contributed by atoms with Crippen molar-refractivity contribution in [3.05, 3.63) is 113 Å². The highest BCUT2D eigenvalue weighted by Crippen LogP contribution is 2.19. The van der Waals surface area contributed by atoms with Crippen molar-refractivity contribution in [3.8, 4) is 5.88 Å². The maximum atomic E-state index is 13.4. The van der Waals surface area contributed by atoms with E-state index in [9.17, 15) is 4.79 Å². The molecule has 0 radical (unpaired) electrons. The summed E-state index contributed by atoms with van der Waals surface area (Å²) in [5.74, 6) is 0.545. The lowest BCUT2D eigenvalue weighted by Gasteiger charge is -2.35. The number of halogens is 2. The Bertz CT molecular complexity index is 1530. The molecular formula is C30H33Cl2N5O2. The van der Waals surface area contributed by atoms with E-state index in [2.05, 4.69) is 65.6 Å². The van der Waals surface area contributed by atoms with Crippen molar-refractivity contribution in [1.82, 2.24) is 14.0 Å². The van der Waals surface area contributed by atoms with Crippen LogP contribution in [-0.2, 0) is 6.54 Å². The number of nitrogens with one attached hydrogen (secondary N) is 2. The molecule has 2 aromatic carbocycles. The Hall–Kier alpha value is -3.36. The molecule has 1 fully saturated rings. The van der Waals surface area contributed by atoms with E-state index in [1.165, 1.54) is 11.1 Å². The summed E-state index contributed by atoms with van der Waals surface area (Å²) in [6, 6.07) is 29.6. The van der Waals surface area contributed by atoms with Gasteiger partial charge >= 0.3 is 0 Å². The van der Waals surface area contributed by atoms with Gasteiger partial charge in [0.1, 0.15) is 37.7 Å². The van der Waals surface area contributed by atoms with Gasteiger partial charge in [-0.3, -0.25) is 13.8 Å². The maximum Gasteiger partial charge on any atom is 0.275 e. The first-order chi connectivity index (χ1) is 18.2. The van der Waals surface area contributed by atoms with Crippen molar-refractivity contribution in [2.75, 3.05) is 39.8 Å². The minimum absolute atomic E-state index is 0. The Balaban J connectivity index is 0.00000176. The zero-order valence-electron chi connectivity index (χ0n) is 21.9. The highest BCUT2D eigenvalue weighted by atomic mass is 35.5. The lowest BCUT2D eigenvalue weighted by molar-refractivity contribution is -1.02. The van der Waals surface area contributed by atoms with Crippen LogP contribution in [0.25, 0.3) is 16.7 Å². The third kappa shape index (κ3) is 5.68. The van der Waals surface area contributed by atoms with Crippen molar-refractivity contribution in [2.24, 2.45) is 0 Å². The van der Waals surface area contributed by atoms with Gasteiger partial charge in [0.05, 0.1) is 25.7 Å². The van der Waals surface area contributed by atoms with E-state index in [0.29, 0.717) is 24.0 Å². The van der Waals surface area contributed by atoms with Gasteiger partial charge < -0.3 is 39.4 Å². The molecular weight excluding hydrogens is 533 g/mol. The molecule has 6 rings (SSSR count). The van der Waals surface area contributed by atoms with Crippen LogP contribution >= 0.6 is 0 Å². The third-order valence-corrected chi connectivity index (χ3v) is 7.73. The molecule has 0 amide bonds. The minimum atomic E-state index is 0. The second kappa shape index (κ2) is 12.7. The molecule has 5 aromatic rings. The third-order valence-electron chi connectivity index (χ3n) is 7.73. The zero-order chi connectivity index (χ0) is 25.2. The number of aromatic nitrogens is 3. The fourth-order valence-corrected chi connectivity index (χ4v) is 5.82. The second-order valence-corrected chi connectivity index (χ2v) is 9.83. The number of quaternary nitrogens is 2. The van der Waals surface area contributed by atoms with E-state index < -0.39 is 0 Å². The molecule has 2 N–H and O–H groups in total. The van der Waals surface area contributed by atoms with Crippen LogP contribution in [0.2, 0.25) is 0 Å². The fourth-order valence-electron chi connectivity index (χ4n) is 5.82. The van der Waals surface area contributed by atoms with Crippen LogP contribution in [0.3, 0.4) is 0 Å². The Labute approximate surface area is 240 Å². The van der Waals surface area contributed by atoms with Crippen LogP contribution in [0.4, 0.5) is 0 Å². The summed E-state index contributed by atoms with van der Waals surface area (Å²) in [4.78, 5) is 21.2. The molecule has 4 heterocycles. The topological polar surface area (TPSA) is 57.4 Å². The maximum absolute atomic E-state index is 13.4. The summed E-state index contributed by atoms with van der Waals surface area (Å²) in [6.45, 7) is 5.92. The number of benzene rings is 2. The van der Waals surface area contributed by atoms with Crippen molar-refractivity contribution in [3.63, 3.8) is 0 Å². The molecule has 1 saturated heterocycles. The fraction of sp³-hybridized carbons (Fsp3) is 0.267. The summed E-state index contributed by atoms with van der Waals surface area (Å²) in [7, 11) is 1.61. The van der Waals surface area contributed by atoms with E-state index in [0.717, 1.165) is 43.9 Å². The number of piperazine rings is 1. The summed E-state index contributed by atoms with van der Waals surface area (Å²) in [5.41, 5.74) is 5.00. The quantitative estimate of drug-likeness (QED) is 0.208. The van der Waals surface area contributed by atoms with Gasteiger partial charge in [0, 0.05) is 23.4 Å². The van der Waals surface area contributed by atoms with Gasteiger partial charge in [0.25, 0.3) is 5.56 Å². The summed E-state index contributed by atoms with van der Waals surface area (Å²) in [5, 5.41) is 0. The lowest BCUT2D eigenvalue weighted by Crippen LogP contribution is -3.28. The number of nitrogens with zero attached hydrogens (tertiary/aromatic N) is 3. The van der Waals surface area contributed by atoms with Crippen molar-refractivity contribution >= 4 is 16.7 Å². The molecule has 0 bridgehead atoms. The monoisotopic (exact) mass is 565 g/mol. The number of hydrogen-bond donors (Lipinski definition) is 2. The average molecular weight is 567 g/mol. The van der Waals surface area contributed by atoms with E-state index >= 15 is 0 Å². The predicted molar refractivity (Wildman–Crippen MR) is 144 cm³/mol. The van der Waals surface area contributed by atoms with E-state index in [-0.39, 0.29) is 30.4 Å². The van der Waals surface area contributed by atoms with Gasteiger partial charge in [0.15, 0.2) is 5.65 Å². The average Bonchev–Trinajstić information content (AvgIpc) is 3.46. The van der Waals surface area contributed by atoms with Crippen LogP contribution in [0, 0.1) is 0 Å². The van der Waals surface area contributed by atoms with Gasteiger partial charge in [0.2, 0.25) is 5.88 Å². The summed E-state index contributed by atoms with van der Waals surface area (Å²) >= 11 is 0. The van der Waals surface area contributed by atoms with Gasteiger partial charge in [-0.25, -0.2) is 0 Å². The Morgan fingerprint density at radius 3 is 2.08 bits per heavy atom. The summed E-state index contributed by atoms with van der Waals surface area (Å²) < 4.78 is 9.10. The normalized spacial score (nSPS) is 17.1. The lowest BCUT2D eigenvalue weighted by atomic mass is 9.96. The largest absolute Gasteiger partial charge is 1.00 e. The first kappa shape index (κ1) is 28.6. The van der Waals surface area contributed by atoms with Gasteiger partial charge in [-0.05, 0) is 18.2 Å². The highest BCUT2D eigenvalue weighted by molar-refractivity contribution is 5.75. The number of rotatable bonds is 7. The van der Waals surface area contributed by atoms with E-state index in [1.807, 2.05) is 39.4 Å². The molecule has 0 atom stereocenters. The Kier molecular flexibility index (Phi) is 9.30. The molecule has 1 aliphatic heterocycles. The van der Waals surface area contributed by atoms with Crippen molar-refractivity contribution in [2.45, 2.75) is 12.6 Å². The Morgan fingerprint density at radius 1 is 0.821 bits per heavy atom. The summed E-state index contributed by atoms with van der Waals surface area (Å²) in [6.07, 6.45) is 1.89. The standard InChI is InChI=1S/C30H31N5O2.2ClH/c1-37-27-15-14-25-29(31-27)34-16-8-13-26(34)30(36)35(25)22-19-32-17-20-33(21-18-32)28(23-9-4-2-5-10-23)24-11-6-3-7-12-24;;/h2-16,28H,17-22H2,1H3;2*1H. The predicted octanol–water partition coefficient (Wildman–Crippen LogP) is -4.76. The minimum Gasteiger partial charge on any atom is -1.00 e. The van der Waals surface area contributed by atoms with Gasteiger partial charge in [-0.15, -0.1) is 0 Å². The van der Waals surface area contributed by atoms with Crippen molar-refractivity contribution < 1.29 is 39.4 Å². The first-order valence-corrected chi connectivity index (χ1v) is 13.1. The number of methoxy groups -OCH3 is 1. The van der Waals surface area contributed by atoms with Crippen LogP contribution in [0.15, 0.2) is 95.9 Å². The molecule has 3 aromatic heterocycles. The molecule has 1 aliphatic rings. The van der Waals surface area contributed by atoms with E-state index in [4.69, 9.17) is 4.74 Å².